The number of nitriles is 1. The number of nitrogens with one attached hydrogen (secondary N) is 1. The number of anilines is 1. The maximum Gasteiger partial charge on any atom is 0.143 e. The van der Waals surface area contributed by atoms with Gasteiger partial charge in [-0.2, -0.15) is 5.26 Å². The van der Waals surface area contributed by atoms with Gasteiger partial charge in [-0.05, 0) is 36.8 Å². The zero-order chi connectivity index (χ0) is 10.8. The summed E-state index contributed by atoms with van der Waals surface area (Å²) >= 11 is 0. The van der Waals surface area contributed by atoms with Crippen LogP contribution in [0.1, 0.15) is 30.2 Å². The summed E-state index contributed by atoms with van der Waals surface area (Å²) in [6.07, 6.45) is 3.30. The number of hydrogen-bond acceptors (Lipinski definition) is 3. The van der Waals surface area contributed by atoms with E-state index in [1.165, 1.54) is 12.0 Å². The van der Waals surface area contributed by atoms with E-state index in [-0.39, 0.29) is 0 Å². The van der Waals surface area contributed by atoms with E-state index in [2.05, 4.69) is 23.3 Å². The summed E-state index contributed by atoms with van der Waals surface area (Å²) in [5.74, 6) is 1.43. The van der Waals surface area contributed by atoms with Crippen LogP contribution in [0.15, 0.2) is 6.07 Å². The van der Waals surface area contributed by atoms with Crippen LogP contribution in [0.2, 0.25) is 0 Å². The van der Waals surface area contributed by atoms with Crippen LogP contribution in [0.4, 0.5) is 5.82 Å². The molecule has 0 amide bonds. The normalized spacial score (nSPS) is 19.1. The Morgan fingerprint density at radius 2 is 2.40 bits per heavy atom. The Kier molecular flexibility index (Phi) is 2.59. The minimum Gasteiger partial charge on any atom is -0.372 e. The minimum atomic E-state index is 0.658. The van der Waals surface area contributed by atoms with Gasteiger partial charge < -0.3 is 5.32 Å². The van der Waals surface area contributed by atoms with E-state index in [0.717, 1.165) is 18.5 Å². The molecule has 3 heteroatoms. The lowest BCUT2D eigenvalue weighted by molar-refractivity contribution is 0.494. The van der Waals surface area contributed by atoms with Crippen LogP contribution in [0.25, 0.3) is 0 Å². The third kappa shape index (κ3) is 1.80. The first-order chi connectivity index (χ1) is 7.24. The fraction of sp³-hybridized carbons (Fsp3) is 0.500. The number of pyridine rings is 1. The van der Waals surface area contributed by atoms with Gasteiger partial charge in [0.15, 0.2) is 0 Å². The zero-order valence-electron chi connectivity index (χ0n) is 9.17. The maximum atomic E-state index is 8.99. The quantitative estimate of drug-likeness (QED) is 0.757. The third-order valence-electron chi connectivity index (χ3n) is 2.99. The van der Waals surface area contributed by atoms with E-state index >= 15 is 0 Å². The maximum absolute atomic E-state index is 8.99. The van der Waals surface area contributed by atoms with E-state index in [4.69, 9.17) is 5.26 Å². The van der Waals surface area contributed by atoms with Crippen molar-refractivity contribution < 1.29 is 0 Å². The Bertz CT molecular complexity index is 418. The zero-order valence-corrected chi connectivity index (χ0v) is 9.17. The summed E-state index contributed by atoms with van der Waals surface area (Å²) in [4.78, 5) is 4.50. The van der Waals surface area contributed by atoms with Crippen molar-refractivity contribution in [3.63, 3.8) is 0 Å². The fourth-order valence-electron chi connectivity index (χ4n) is 2.12. The number of hydrogen-bond donors (Lipinski definition) is 1. The predicted molar refractivity (Wildman–Crippen MR) is 59.7 cm³/mol. The molecule has 78 valence electrons. The second-order valence-electron chi connectivity index (χ2n) is 4.20. The average Bonchev–Trinajstić information content (AvgIpc) is 2.27. The van der Waals surface area contributed by atoms with Crippen LogP contribution in [-0.2, 0) is 12.8 Å². The Morgan fingerprint density at radius 3 is 3.07 bits per heavy atom. The summed E-state index contributed by atoms with van der Waals surface area (Å²) in [7, 11) is 1.81. The first kappa shape index (κ1) is 9.97. The Labute approximate surface area is 90.1 Å². The molecule has 0 fully saturated rings. The van der Waals surface area contributed by atoms with Crippen LogP contribution < -0.4 is 5.32 Å². The number of fused-ring (bicyclic) bond motifs is 1. The molecule has 0 spiro atoms. The SMILES string of the molecule is CNc1nc2c(cc1C#N)CC(C)CC2. The molecule has 1 aromatic rings. The fourth-order valence-corrected chi connectivity index (χ4v) is 2.12. The predicted octanol–water partition coefficient (Wildman–Crippen LogP) is 2.12. The lowest BCUT2D eigenvalue weighted by atomic mass is 9.87. The van der Waals surface area contributed by atoms with Crippen molar-refractivity contribution in [2.75, 3.05) is 12.4 Å². The lowest BCUT2D eigenvalue weighted by Gasteiger charge is -2.21. The topological polar surface area (TPSA) is 48.7 Å². The number of nitrogens with zero attached hydrogens (tertiary/aromatic N) is 2. The molecule has 3 nitrogen and oxygen atoms in total. The number of aromatic nitrogens is 1. The lowest BCUT2D eigenvalue weighted by Crippen LogP contribution is -2.14. The summed E-state index contributed by atoms with van der Waals surface area (Å²) in [5.41, 5.74) is 3.08. The van der Waals surface area contributed by atoms with Crippen molar-refractivity contribution in [3.05, 3.63) is 22.9 Å². The van der Waals surface area contributed by atoms with Crippen LogP contribution in [0, 0.1) is 17.2 Å². The standard InChI is InChI=1S/C12H15N3/c1-8-3-4-11-9(5-8)6-10(7-13)12(14-2)15-11/h6,8H,3-5H2,1-2H3,(H,14,15). The van der Waals surface area contributed by atoms with Gasteiger partial charge in [0.05, 0.1) is 5.56 Å². The number of aryl methyl sites for hydroxylation is 1. The van der Waals surface area contributed by atoms with Gasteiger partial charge in [-0.3, -0.25) is 0 Å². The molecule has 1 aliphatic rings. The van der Waals surface area contributed by atoms with Gasteiger partial charge in [0.2, 0.25) is 0 Å². The largest absolute Gasteiger partial charge is 0.372 e. The smallest absolute Gasteiger partial charge is 0.143 e. The third-order valence-corrected chi connectivity index (χ3v) is 2.99. The second-order valence-corrected chi connectivity index (χ2v) is 4.20. The van der Waals surface area contributed by atoms with Crippen molar-refractivity contribution in [1.82, 2.24) is 4.98 Å². The van der Waals surface area contributed by atoms with Gasteiger partial charge in [-0.1, -0.05) is 6.92 Å². The van der Waals surface area contributed by atoms with Crippen LogP contribution >= 0.6 is 0 Å². The summed E-state index contributed by atoms with van der Waals surface area (Å²) in [5, 5.41) is 12.0. The van der Waals surface area contributed by atoms with Gasteiger partial charge in [-0.25, -0.2) is 4.98 Å². The Balaban J connectivity index is 2.46. The molecule has 2 rings (SSSR count). The Morgan fingerprint density at radius 1 is 1.60 bits per heavy atom. The van der Waals surface area contributed by atoms with Crippen molar-refractivity contribution in [1.29, 1.82) is 5.26 Å². The van der Waals surface area contributed by atoms with E-state index in [0.29, 0.717) is 17.3 Å². The van der Waals surface area contributed by atoms with Crippen molar-refractivity contribution in [2.24, 2.45) is 5.92 Å². The van der Waals surface area contributed by atoms with Crippen molar-refractivity contribution >= 4 is 5.82 Å². The average molecular weight is 201 g/mol. The van der Waals surface area contributed by atoms with Crippen molar-refractivity contribution in [3.8, 4) is 6.07 Å². The van der Waals surface area contributed by atoms with E-state index in [9.17, 15) is 0 Å². The van der Waals surface area contributed by atoms with Gasteiger partial charge >= 0.3 is 0 Å². The number of rotatable bonds is 1. The molecule has 0 aliphatic heterocycles. The molecule has 0 aromatic carbocycles. The molecule has 1 N–H and O–H groups in total. The molecular weight excluding hydrogens is 186 g/mol. The minimum absolute atomic E-state index is 0.658. The Hall–Kier alpha value is -1.56. The molecule has 1 unspecified atom stereocenters. The highest BCUT2D eigenvalue weighted by Gasteiger charge is 2.18. The van der Waals surface area contributed by atoms with E-state index < -0.39 is 0 Å². The highest BCUT2D eigenvalue weighted by molar-refractivity contribution is 5.54. The molecule has 0 saturated heterocycles. The molecule has 15 heavy (non-hydrogen) atoms. The van der Waals surface area contributed by atoms with Crippen LogP contribution in [0.3, 0.4) is 0 Å². The summed E-state index contributed by atoms with van der Waals surface area (Å²) < 4.78 is 0. The molecular formula is C12H15N3. The summed E-state index contributed by atoms with van der Waals surface area (Å²) in [6, 6.07) is 4.18. The molecule has 1 atom stereocenters. The van der Waals surface area contributed by atoms with Gasteiger partial charge in [0, 0.05) is 12.7 Å². The molecule has 0 radical (unpaired) electrons. The molecule has 1 heterocycles. The highest BCUT2D eigenvalue weighted by Crippen LogP contribution is 2.26. The highest BCUT2D eigenvalue weighted by atomic mass is 15.0. The molecule has 0 bridgehead atoms. The van der Waals surface area contributed by atoms with Crippen molar-refractivity contribution in [2.45, 2.75) is 26.2 Å². The van der Waals surface area contributed by atoms with E-state index in [1.807, 2.05) is 6.07 Å². The van der Waals surface area contributed by atoms with Gasteiger partial charge in [-0.15, -0.1) is 0 Å². The first-order valence-electron chi connectivity index (χ1n) is 5.35. The summed E-state index contributed by atoms with van der Waals surface area (Å²) in [6.45, 7) is 2.25. The first-order valence-corrected chi connectivity index (χ1v) is 5.35. The monoisotopic (exact) mass is 201 g/mol. The second kappa shape index (κ2) is 3.90. The van der Waals surface area contributed by atoms with E-state index in [1.54, 1.807) is 7.05 Å². The van der Waals surface area contributed by atoms with Crippen LogP contribution in [-0.4, -0.2) is 12.0 Å². The van der Waals surface area contributed by atoms with Gasteiger partial charge in [0.25, 0.3) is 0 Å². The molecule has 1 aromatic heterocycles. The molecule has 0 saturated carbocycles. The van der Waals surface area contributed by atoms with Gasteiger partial charge in [0.1, 0.15) is 11.9 Å². The molecule has 1 aliphatic carbocycles. The van der Waals surface area contributed by atoms with Crippen LogP contribution in [0.5, 0.6) is 0 Å².